The molecule has 1 fully saturated rings. The maximum atomic E-state index is 11.5. The van der Waals surface area contributed by atoms with Crippen LogP contribution >= 0.6 is 0 Å². The summed E-state index contributed by atoms with van der Waals surface area (Å²) in [5, 5.41) is 13.7. The third-order valence-corrected chi connectivity index (χ3v) is 2.46. The molecule has 1 heterocycles. The lowest BCUT2D eigenvalue weighted by Crippen LogP contribution is -2.43. The zero-order valence-electron chi connectivity index (χ0n) is 9.16. The van der Waals surface area contributed by atoms with E-state index in [2.05, 4.69) is 10.6 Å². The van der Waals surface area contributed by atoms with E-state index in [0.29, 0.717) is 19.4 Å². The van der Waals surface area contributed by atoms with Crippen LogP contribution < -0.4 is 10.6 Å². The largest absolute Gasteiger partial charge is 0.481 e. The van der Waals surface area contributed by atoms with Gasteiger partial charge >= 0.3 is 5.97 Å². The zero-order chi connectivity index (χ0) is 12.1. The number of carbonyl (C=O) groups is 3. The Labute approximate surface area is 93.4 Å². The van der Waals surface area contributed by atoms with Crippen molar-refractivity contribution in [2.24, 2.45) is 5.92 Å². The Morgan fingerprint density at radius 1 is 1.62 bits per heavy atom. The lowest BCUT2D eigenvalue weighted by Gasteiger charge is -2.13. The molecule has 16 heavy (non-hydrogen) atoms. The molecule has 1 unspecified atom stereocenters. The van der Waals surface area contributed by atoms with Gasteiger partial charge in [0.25, 0.3) is 0 Å². The second-order valence-electron chi connectivity index (χ2n) is 4.11. The topological polar surface area (TPSA) is 95.5 Å². The summed E-state index contributed by atoms with van der Waals surface area (Å²) in [5.41, 5.74) is 0. The summed E-state index contributed by atoms with van der Waals surface area (Å²) >= 11 is 0. The van der Waals surface area contributed by atoms with Crippen LogP contribution in [0.25, 0.3) is 0 Å². The van der Waals surface area contributed by atoms with E-state index in [1.807, 2.05) is 0 Å². The maximum absolute atomic E-state index is 11.5. The Balaban J connectivity index is 2.24. The normalized spacial score (nSPS) is 21.3. The first-order valence-corrected chi connectivity index (χ1v) is 5.28. The molecule has 0 spiro atoms. The van der Waals surface area contributed by atoms with Crippen LogP contribution in [0, 0.1) is 5.92 Å². The predicted molar refractivity (Wildman–Crippen MR) is 55.6 cm³/mol. The van der Waals surface area contributed by atoms with Crippen LogP contribution in [0.3, 0.4) is 0 Å². The Kier molecular flexibility index (Phi) is 4.28. The van der Waals surface area contributed by atoms with Crippen molar-refractivity contribution in [2.75, 3.05) is 6.54 Å². The SMILES string of the molecule is CC(CNC(=O)[C@@H]1CCC(=O)N1)CC(=O)O. The molecule has 2 amide bonds. The van der Waals surface area contributed by atoms with Crippen LogP contribution in [-0.2, 0) is 14.4 Å². The minimum atomic E-state index is -0.879. The van der Waals surface area contributed by atoms with Gasteiger partial charge in [-0.3, -0.25) is 14.4 Å². The second-order valence-corrected chi connectivity index (χ2v) is 4.11. The first-order chi connectivity index (χ1) is 7.49. The fourth-order valence-electron chi connectivity index (χ4n) is 1.58. The van der Waals surface area contributed by atoms with Gasteiger partial charge in [-0.15, -0.1) is 0 Å². The Morgan fingerprint density at radius 3 is 2.81 bits per heavy atom. The first-order valence-electron chi connectivity index (χ1n) is 5.28. The molecular formula is C10H16N2O4. The summed E-state index contributed by atoms with van der Waals surface area (Å²) in [7, 11) is 0. The second kappa shape index (κ2) is 5.48. The molecule has 0 aromatic rings. The number of carboxylic acids is 1. The summed E-state index contributed by atoms with van der Waals surface area (Å²) in [5.74, 6) is -1.34. The smallest absolute Gasteiger partial charge is 0.303 e. The summed E-state index contributed by atoms with van der Waals surface area (Å²) in [6.07, 6.45) is 0.915. The molecular weight excluding hydrogens is 212 g/mol. The molecule has 0 aliphatic carbocycles. The van der Waals surface area contributed by atoms with Crippen molar-refractivity contribution in [3.05, 3.63) is 0 Å². The van der Waals surface area contributed by atoms with Gasteiger partial charge < -0.3 is 15.7 Å². The number of carboxylic acid groups (broad SMARTS) is 1. The van der Waals surface area contributed by atoms with Crippen LogP contribution in [0.1, 0.15) is 26.2 Å². The van der Waals surface area contributed by atoms with E-state index < -0.39 is 12.0 Å². The molecule has 3 N–H and O–H groups in total. The lowest BCUT2D eigenvalue weighted by molar-refractivity contribution is -0.138. The number of aliphatic carboxylic acids is 1. The number of hydrogen-bond donors (Lipinski definition) is 3. The molecule has 6 heteroatoms. The van der Waals surface area contributed by atoms with Crippen LogP contribution in [0.2, 0.25) is 0 Å². The third kappa shape index (κ3) is 3.88. The quantitative estimate of drug-likeness (QED) is 0.590. The van der Waals surface area contributed by atoms with Crippen LogP contribution in [0.4, 0.5) is 0 Å². The number of nitrogens with one attached hydrogen (secondary N) is 2. The highest BCUT2D eigenvalue weighted by molar-refractivity contribution is 5.90. The molecule has 2 atom stereocenters. The van der Waals surface area contributed by atoms with Crippen LogP contribution in [0.15, 0.2) is 0 Å². The highest BCUT2D eigenvalue weighted by atomic mass is 16.4. The van der Waals surface area contributed by atoms with Gasteiger partial charge in [0.2, 0.25) is 11.8 Å². The van der Waals surface area contributed by atoms with Gasteiger partial charge in [0.1, 0.15) is 6.04 Å². The number of rotatable bonds is 5. The van der Waals surface area contributed by atoms with E-state index in [0.717, 1.165) is 0 Å². The van der Waals surface area contributed by atoms with Crippen LogP contribution in [0.5, 0.6) is 0 Å². The molecule has 0 aromatic carbocycles. The van der Waals surface area contributed by atoms with Crippen molar-refractivity contribution in [2.45, 2.75) is 32.2 Å². The van der Waals surface area contributed by atoms with Crippen molar-refractivity contribution in [3.8, 4) is 0 Å². The van der Waals surface area contributed by atoms with Crippen molar-refractivity contribution in [3.63, 3.8) is 0 Å². The molecule has 1 aliphatic heterocycles. The summed E-state index contributed by atoms with van der Waals surface area (Å²) in [4.78, 5) is 32.8. The Bertz CT molecular complexity index is 303. The fraction of sp³-hybridized carbons (Fsp3) is 0.700. The van der Waals surface area contributed by atoms with Crippen molar-refractivity contribution in [1.82, 2.24) is 10.6 Å². The van der Waals surface area contributed by atoms with Gasteiger partial charge in [-0.25, -0.2) is 0 Å². The van der Waals surface area contributed by atoms with Crippen molar-refractivity contribution >= 4 is 17.8 Å². The predicted octanol–water partition coefficient (Wildman–Crippen LogP) is -0.508. The van der Waals surface area contributed by atoms with Crippen LogP contribution in [-0.4, -0.2) is 35.5 Å². The number of carbonyl (C=O) groups excluding carboxylic acids is 2. The van der Waals surface area contributed by atoms with Gasteiger partial charge in [0, 0.05) is 19.4 Å². The van der Waals surface area contributed by atoms with Gasteiger partial charge in [-0.1, -0.05) is 6.92 Å². The van der Waals surface area contributed by atoms with Gasteiger partial charge in [-0.2, -0.15) is 0 Å². The van der Waals surface area contributed by atoms with E-state index in [1.165, 1.54) is 0 Å². The molecule has 1 saturated heterocycles. The minimum Gasteiger partial charge on any atom is -0.481 e. The Hall–Kier alpha value is -1.59. The van der Waals surface area contributed by atoms with Crippen molar-refractivity contribution < 1.29 is 19.5 Å². The fourth-order valence-corrected chi connectivity index (χ4v) is 1.58. The van der Waals surface area contributed by atoms with Crippen molar-refractivity contribution in [1.29, 1.82) is 0 Å². The average molecular weight is 228 g/mol. The molecule has 0 aromatic heterocycles. The zero-order valence-corrected chi connectivity index (χ0v) is 9.16. The molecule has 0 radical (unpaired) electrons. The molecule has 1 aliphatic rings. The molecule has 90 valence electrons. The standard InChI is InChI=1S/C10H16N2O4/c1-6(4-9(14)15)5-11-10(16)7-2-3-8(13)12-7/h6-7H,2-5H2,1H3,(H,11,16)(H,12,13)(H,14,15)/t6?,7-/m0/s1. The van der Waals surface area contributed by atoms with E-state index >= 15 is 0 Å². The highest BCUT2D eigenvalue weighted by Gasteiger charge is 2.27. The molecule has 0 saturated carbocycles. The monoisotopic (exact) mass is 228 g/mol. The summed E-state index contributed by atoms with van der Waals surface area (Å²) < 4.78 is 0. The summed E-state index contributed by atoms with van der Waals surface area (Å²) in [6.45, 7) is 2.07. The van der Waals surface area contributed by atoms with E-state index in [1.54, 1.807) is 6.92 Å². The van der Waals surface area contributed by atoms with Gasteiger partial charge in [0.05, 0.1) is 0 Å². The average Bonchev–Trinajstić information content (AvgIpc) is 2.60. The highest BCUT2D eigenvalue weighted by Crippen LogP contribution is 2.07. The number of amides is 2. The number of hydrogen-bond acceptors (Lipinski definition) is 3. The van der Waals surface area contributed by atoms with Gasteiger partial charge in [0.15, 0.2) is 0 Å². The van der Waals surface area contributed by atoms with Gasteiger partial charge in [-0.05, 0) is 12.3 Å². The van der Waals surface area contributed by atoms with E-state index in [9.17, 15) is 14.4 Å². The Morgan fingerprint density at radius 2 is 2.31 bits per heavy atom. The maximum Gasteiger partial charge on any atom is 0.303 e. The van der Waals surface area contributed by atoms with E-state index in [4.69, 9.17) is 5.11 Å². The molecule has 0 bridgehead atoms. The minimum absolute atomic E-state index is 0.0251. The summed E-state index contributed by atoms with van der Waals surface area (Å²) in [6, 6.07) is -0.454. The lowest BCUT2D eigenvalue weighted by atomic mass is 10.1. The molecule has 1 rings (SSSR count). The third-order valence-electron chi connectivity index (χ3n) is 2.46. The molecule has 6 nitrogen and oxygen atoms in total. The first kappa shape index (κ1) is 12.5. The van der Waals surface area contributed by atoms with E-state index in [-0.39, 0.29) is 24.2 Å².